The van der Waals surface area contributed by atoms with Crippen LogP contribution >= 0.6 is 11.6 Å². The smallest absolute Gasteiger partial charge is 0.338 e. The molecule has 6 heteroatoms. The molecule has 1 N–H and O–H groups in total. The first-order chi connectivity index (χ1) is 6.61. The molecule has 0 aliphatic heterocycles. The number of hydrogen-bond acceptors (Lipinski definition) is 4. The zero-order valence-corrected chi connectivity index (χ0v) is 7.87. The van der Waals surface area contributed by atoms with Crippen LogP contribution in [0.25, 0.3) is 11.1 Å². The quantitative estimate of drug-likeness (QED) is 0.781. The van der Waals surface area contributed by atoms with Crippen LogP contribution in [0.2, 0.25) is 5.02 Å². The molecular formula is C8H5ClN2O3. The van der Waals surface area contributed by atoms with Crippen LogP contribution in [-0.2, 0) is 0 Å². The summed E-state index contributed by atoms with van der Waals surface area (Å²) in [6.07, 6.45) is 1.15. The van der Waals surface area contributed by atoms with E-state index in [0.717, 1.165) is 6.20 Å². The van der Waals surface area contributed by atoms with Gasteiger partial charge in [0.1, 0.15) is 0 Å². The molecule has 14 heavy (non-hydrogen) atoms. The monoisotopic (exact) mass is 212 g/mol. The Morgan fingerprint density at radius 1 is 1.64 bits per heavy atom. The zero-order valence-electron chi connectivity index (χ0n) is 7.11. The van der Waals surface area contributed by atoms with Gasteiger partial charge in [0.2, 0.25) is 0 Å². The highest BCUT2D eigenvalue weighted by Gasteiger charge is 2.17. The lowest BCUT2D eigenvalue weighted by Gasteiger charge is -1.97. The minimum absolute atomic E-state index is 0.0505. The van der Waals surface area contributed by atoms with E-state index in [4.69, 9.17) is 21.2 Å². The number of carboxylic acid groups (broad SMARTS) is 1. The van der Waals surface area contributed by atoms with Gasteiger partial charge in [-0.25, -0.2) is 9.78 Å². The van der Waals surface area contributed by atoms with Crippen LogP contribution in [0.4, 0.5) is 0 Å². The van der Waals surface area contributed by atoms with Crippen molar-refractivity contribution in [2.24, 2.45) is 0 Å². The average molecular weight is 213 g/mol. The maximum absolute atomic E-state index is 10.7. The van der Waals surface area contributed by atoms with Crippen molar-refractivity contribution in [3.63, 3.8) is 0 Å². The van der Waals surface area contributed by atoms with E-state index in [1.54, 1.807) is 6.92 Å². The number of hydrogen-bond donors (Lipinski definition) is 1. The lowest BCUT2D eigenvalue weighted by atomic mass is 10.2. The van der Waals surface area contributed by atoms with Gasteiger partial charge in [0.05, 0.1) is 21.7 Å². The average Bonchev–Trinajstić information content (AvgIpc) is 2.48. The Kier molecular flexibility index (Phi) is 1.89. The van der Waals surface area contributed by atoms with Gasteiger partial charge in [-0.1, -0.05) is 16.8 Å². The van der Waals surface area contributed by atoms with Gasteiger partial charge in [-0.2, -0.15) is 0 Å². The van der Waals surface area contributed by atoms with Gasteiger partial charge in [0.15, 0.2) is 0 Å². The number of fused-ring (bicyclic) bond motifs is 1. The van der Waals surface area contributed by atoms with Crippen LogP contribution in [0, 0.1) is 6.92 Å². The summed E-state index contributed by atoms with van der Waals surface area (Å²) in [6.45, 7) is 1.67. The maximum atomic E-state index is 10.7. The van der Waals surface area contributed by atoms with Crippen molar-refractivity contribution >= 4 is 28.7 Å². The molecule has 2 rings (SSSR count). The fraction of sp³-hybridized carbons (Fsp3) is 0.125. The fourth-order valence-electron chi connectivity index (χ4n) is 1.16. The molecule has 0 aliphatic carbocycles. The Bertz CT molecular complexity index is 521. The standard InChI is InChI=1S/C8H5ClN2O3/c1-3-5-6(9)4(8(12)13)2-10-7(5)14-11-3/h2H,1H3,(H,12,13). The SMILES string of the molecule is Cc1noc2ncc(C(=O)O)c(Cl)c12. The first kappa shape index (κ1) is 8.96. The Morgan fingerprint density at radius 2 is 2.36 bits per heavy atom. The van der Waals surface area contributed by atoms with Crippen molar-refractivity contribution < 1.29 is 14.4 Å². The number of carbonyl (C=O) groups is 1. The topological polar surface area (TPSA) is 76.2 Å². The second-order valence-electron chi connectivity index (χ2n) is 2.74. The number of carboxylic acids is 1. The van der Waals surface area contributed by atoms with E-state index in [1.165, 1.54) is 0 Å². The number of nitrogens with zero attached hydrogens (tertiary/aromatic N) is 2. The lowest BCUT2D eigenvalue weighted by molar-refractivity contribution is 0.0697. The predicted molar refractivity (Wildman–Crippen MR) is 48.5 cm³/mol. The van der Waals surface area contributed by atoms with Crippen LogP contribution in [0.1, 0.15) is 16.1 Å². The van der Waals surface area contributed by atoms with Gasteiger partial charge in [0, 0.05) is 6.20 Å². The molecule has 0 aromatic carbocycles. The van der Waals surface area contributed by atoms with Gasteiger partial charge >= 0.3 is 5.97 Å². The first-order valence-corrected chi connectivity index (χ1v) is 4.13. The summed E-state index contributed by atoms with van der Waals surface area (Å²) in [5.41, 5.74) is 0.726. The summed E-state index contributed by atoms with van der Waals surface area (Å²) in [5, 5.41) is 13.0. The molecule has 2 aromatic rings. The third kappa shape index (κ3) is 1.13. The van der Waals surface area contributed by atoms with E-state index in [0.29, 0.717) is 11.1 Å². The molecule has 0 bridgehead atoms. The molecule has 0 saturated carbocycles. The van der Waals surface area contributed by atoms with Crippen LogP contribution in [0.5, 0.6) is 0 Å². The highest BCUT2D eigenvalue weighted by atomic mass is 35.5. The normalized spacial score (nSPS) is 10.7. The summed E-state index contributed by atoms with van der Waals surface area (Å²) in [5.74, 6) is -1.12. The molecule has 5 nitrogen and oxygen atoms in total. The molecule has 2 aromatic heterocycles. The lowest BCUT2D eigenvalue weighted by Crippen LogP contribution is -1.98. The second-order valence-corrected chi connectivity index (χ2v) is 3.12. The van der Waals surface area contributed by atoms with Gasteiger partial charge < -0.3 is 9.63 Å². The Balaban J connectivity index is 2.86. The van der Waals surface area contributed by atoms with Gasteiger partial charge in [0.25, 0.3) is 5.71 Å². The molecular weight excluding hydrogens is 208 g/mol. The molecule has 0 aliphatic rings. The van der Waals surface area contributed by atoms with E-state index in [-0.39, 0.29) is 16.3 Å². The van der Waals surface area contributed by atoms with E-state index < -0.39 is 5.97 Å². The Hall–Kier alpha value is -1.62. The molecule has 0 spiro atoms. The summed E-state index contributed by atoms with van der Waals surface area (Å²) >= 11 is 5.86. The van der Waals surface area contributed by atoms with Gasteiger partial charge in [-0.3, -0.25) is 0 Å². The van der Waals surface area contributed by atoms with Crippen molar-refractivity contribution in [3.8, 4) is 0 Å². The minimum atomic E-state index is -1.12. The second kappa shape index (κ2) is 2.95. The maximum Gasteiger partial charge on any atom is 0.338 e. The van der Waals surface area contributed by atoms with Crippen LogP contribution in [0.15, 0.2) is 10.7 Å². The van der Waals surface area contributed by atoms with Crippen molar-refractivity contribution in [2.75, 3.05) is 0 Å². The number of rotatable bonds is 1. The molecule has 2 heterocycles. The summed E-state index contributed by atoms with van der Waals surface area (Å²) in [7, 11) is 0. The third-order valence-corrected chi connectivity index (χ3v) is 2.23. The van der Waals surface area contributed by atoms with Crippen LogP contribution in [0.3, 0.4) is 0 Å². The Labute approximate surface area is 83.3 Å². The summed E-state index contributed by atoms with van der Waals surface area (Å²) in [6, 6.07) is 0. The number of aryl methyl sites for hydroxylation is 1. The van der Waals surface area contributed by atoms with Crippen molar-refractivity contribution in [1.82, 2.24) is 10.1 Å². The Morgan fingerprint density at radius 3 is 3.00 bits per heavy atom. The van der Waals surface area contributed by atoms with E-state index in [9.17, 15) is 4.79 Å². The molecule has 0 fully saturated rings. The molecule has 0 unspecified atom stereocenters. The highest BCUT2D eigenvalue weighted by molar-refractivity contribution is 6.38. The van der Waals surface area contributed by atoms with E-state index in [1.807, 2.05) is 0 Å². The van der Waals surface area contributed by atoms with Gasteiger partial charge in [-0.05, 0) is 6.92 Å². The van der Waals surface area contributed by atoms with Crippen LogP contribution in [-0.4, -0.2) is 21.2 Å². The van der Waals surface area contributed by atoms with Gasteiger partial charge in [-0.15, -0.1) is 0 Å². The van der Waals surface area contributed by atoms with Crippen molar-refractivity contribution in [1.29, 1.82) is 0 Å². The zero-order chi connectivity index (χ0) is 10.3. The number of aromatic carboxylic acids is 1. The molecule has 72 valence electrons. The fourth-order valence-corrected chi connectivity index (χ4v) is 1.51. The minimum Gasteiger partial charge on any atom is -0.478 e. The summed E-state index contributed by atoms with van der Waals surface area (Å²) in [4.78, 5) is 14.5. The molecule has 0 atom stereocenters. The van der Waals surface area contributed by atoms with Crippen LogP contribution < -0.4 is 0 Å². The first-order valence-electron chi connectivity index (χ1n) is 3.75. The molecule has 0 saturated heterocycles. The molecule has 0 radical (unpaired) electrons. The largest absolute Gasteiger partial charge is 0.478 e. The van der Waals surface area contributed by atoms with E-state index in [2.05, 4.69) is 10.1 Å². The van der Waals surface area contributed by atoms with Crippen molar-refractivity contribution in [2.45, 2.75) is 6.92 Å². The van der Waals surface area contributed by atoms with Crippen molar-refractivity contribution in [3.05, 3.63) is 22.5 Å². The number of halogens is 1. The predicted octanol–water partition coefficient (Wildman–Crippen LogP) is 1.88. The van der Waals surface area contributed by atoms with E-state index >= 15 is 0 Å². The molecule has 0 amide bonds. The third-order valence-electron chi connectivity index (χ3n) is 1.84. The number of pyridine rings is 1. The number of aromatic nitrogens is 2. The summed E-state index contributed by atoms with van der Waals surface area (Å²) < 4.78 is 4.83. The highest BCUT2D eigenvalue weighted by Crippen LogP contribution is 2.27.